The van der Waals surface area contributed by atoms with Gasteiger partial charge in [-0.2, -0.15) is 5.10 Å². The number of benzene rings is 2. The van der Waals surface area contributed by atoms with Gasteiger partial charge in [0.1, 0.15) is 0 Å². The molecule has 3 rings (SSSR count). The number of hydrogen-bond acceptors (Lipinski definition) is 2. The van der Waals surface area contributed by atoms with Crippen molar-refractivity contribution < 1.29 is 4.79 Å². The summed E-state index contributed by atoms with van der Waals surface area (Å²) in [6.45, 7) is 1.98. The van der Waals surface area contributed by atoms with Crippen molar-refractivity contribution in [1.29, 1.82) is 0 Å². The van der Waals surface area contributed by atoms with Crippen LogP contribution in [0.3, 0.4) is 0 Å². The van der Waals surface area contributed by atoms with E-state index in [-0.39, 0.29) is 5.91 Å². The molecule has 0 spiro atoms. The Balaban J connectivity index is 1.85. The number of carbonyl (C=O) groups excluding carboxylic acids is 1. The van der Waals surface area contributed by atoms with Gasteiger partial charge in [0.2, 0.25) is 0 Å². The van der Waals surface area contributed by atoms with E-state index in [1.54, 1.807) is 6.20 Å². The summed E-state index contributed by atoms with van der Waals surface area (Å²) >= 11 is 3.43. The van der Waals surface area contributed by atoms with Crippen molar-refractivity contribution >= 4 is 38.4 Å². The molecule has 0 aliphatic rings. The van der Waals surface area contributed by atoms with Gasteiger partial charge in [0, 0.05) is 21.1 Å². The van der Waals surface area contributed by atoms with Gasteiger partial charge in [0.25, 0.3) is 5.91 Å². The molecule has 0 saturated heterocycles. The minimum Gasteiger partial charge on any atom is -0.322 e. The second kappa shape index (κ2) is 5.09. The van der Waals surface area contributed by atoms with Gasteiger partial charge >= 0.3 is 0 Å². The first-order valence-corrected chi connectivity index (χ1v) is 6.93. The molecule has 1 heterocycles. The lowest BCUT2D eigenvalue weighted by Gasteiger charge is -2.06. The Labute approximate surface area is 124 Å². The van der Waals surface area contributed by atoms with Crippen molar-refractivity contribution in [3.8, 4) is 0 Å². The first-order chi connectivity index (χ1) is 9.63. The third-order valence-corrected chi connectivity index (χ3v) is 3.99. The van der Waals surface area contributed by atoms with E-state index in [0.717, 1.165) is 26.6 Å². The number of carbonyl (C=O) groups is 1. The van der Waals surface area contributed by atoms with Crippen molar-refractivity contribution in [3.05, 3.63) is 58.2 Å². The molecule has 0 atom stereocenters. The lowest BCUT2D eigenvalue weighted by atomic mass is 10.1. The van der Waals surface area contributed by atoms with E-state index in [2.05, 4.69) is 31.4 Å². The summed E-state index contributed by atoms with van der Waals surface area (Å²) in [5.41, 5.74) is 3.35. The van der Waals surface area contributed by atoms with Crippen LogP contribution in [0.5, 0.6) is 0 Å². The first-order valence-electron chi connectivity index (χ1n) is 6.14. The van der Waals surface area contributed by atoms with Gasteiger partial charge in [-0.05, 0) is 42.8 Å². The van der Waals surface area contributed by atoms with Crippen LogP contribution in [0.1, 0.15) is 15.9 Å². The Hall–Kier alpha value is -2.14. The number of aryl methyl sites for hydroxylation is 1. The van der Waals surface area contributed by atoms with Crippen LogP contribution in [0.4, 0.5) is 5.69 Å². The highest BCUT2D eigenvalue weighted by Crippen LogP contribution is 2.20. The molecule has 5 heteroatoms. The second-order valence-corrected chi connectivity index (χ2v) is 5.44. The summed E-state index contributed by atoms with van der Waals surface area (Å²) in [7, 11) is 0. The van der Waals surface area contributed by atoms with Gasteiger partial charge in [-0.25, -0.2) is 0 Å². The van der Waals surface area contributed by atoms with Crippen LogP contribution >= 0.6 is 15.9 Å². The standard InChI is InChI=1S/C15H12BrN3O/c1-9-2-3-10(6-13(9)16)15(20)18-12-5-4-11-8-17-19-14(11)7-12/h2-8H,1H3,(H,17,19)(H,18,20). The van der Waals surface area contributed by atoms with Gasteiger partial charge in [-0.1, -0.05) is 22.0 Å². The lowest BCUT2D eigenvalue weighted by Crippen LogP contribution is -2.11. The zero-order valence-electron chi connectivity index (χ0n) is 10.8. The monoisotopic (exact) mass is 329 g/mol. The van der Waals surface area contributed by atoms with Crippen molar-refractivity contribution in [2.45, 2.75) is 6.92 Å². The van der Waals surface area contributed by atoms with Gasteiger partial charge < -0.3 is 5.32 Å². The van der Waals surface area contributed by atoms with Gasteiger partial charge in [-0.3, -0.25) is 9.89 Å². The zero-order valence-corrected chi connectivity index (χ0v) is 12.4. The third kappa shape index (κ3) is 2.44. The van der Waals surface area contributed by atoms with Crippen LogP contribution in [0, 0.1) is 6.92 Å². The summed E-state index contributed by atoms with van der Waals surface area (Å²) in [5.74, 6) is -0.135. The van der Waals surface area contributed by atoms with E-state index in [1.165, 1.54) is 0 Å². The summed E-state index contributed by atoms with van der Waals surface area (Å²) < 4.78 is 0.925. The number of amides is 1. The van der Waals surface area contributed by atoms with E-state index in [1.807, 2.05) is 43.3 Å². The average Bonchev–Trinajstić information content (AvgIpc) is 2.89. The van der Waals surface area contributed by atoms with Crippen LogP contribution in [0.15, 0.2) is 47.1 Å². The van der Waals surface area contributed by atoms with Crippen LogP contribution < -0.4 is 5.32 Å². The molecule has 0 unspecified atom stereocenters. The number of aromatic amines is 1. The molecule has 2 aromatic carbocycles. The number of hydrogen-bond donors (Lipinski definition) is 2. The molecule has 0 fully saturated rings. The molecule has 1 amide bonds. The first kappa shape index (κ1) is 12.9. The summed E-state index contributed by atoms with van der Waals surface area (Å²) in [4.78, 5) is 12.2. The van der Waals surface area contributed by atoms with E-state index in [0.29, 0.717) is 5.56 Å². The molecular formula is C15H12BrN3O. The maximum atomic E-state index is 12.2. The molecule has 0 aliphatic heterocycles. The van der Waals surface area contributed by atoms with Crippen LogP contribution in [0.25, 0.3) is 10.9 Å². The SMILES string of the molecule is Cc1ccc(C(=O)Nc2ccc3cn[nH]c3c2)cc1Br. The van der Waals surface area contributed by atoms with Gasteiger partial charge in [-0.15, -0.1) is 0 Å². The van der Waals surface area contributed by atoms with Crippen LogP contribution in [-0.4, -0.2) is 16.1 Å². The van der Waals surface area contributed by atoms with E-state index in [9.17, 15) is 4.79 Å². The maximum Gasteiger partial charge on any atom is 0.255 e. The Bertz CT molecular complexity index is 795. The number of nitrogens with one attached hydrogen (secondary N) is 2. The van der Waals surface area contributed by atoms with Gasteiger partial charge in [0.15, 0.2) is 0 Å². The highest BCUT2D eigenvalue weighted by Gasteiger charge is 2.08. The molecule has 0 bridgehead atoms. The fraction of sp³-hybridized carbons (Fsp3) is 0.0667. The molecule has 0 aliphatic carbocycles. The number of fused-ring (bicyclic) bond motifs is 1. The highest BCUT2D eigenvalue weighted by molar-refractivity contribution is 9.10. The summed E-state index contributed by atoms with van der Waals surface area (Å²) in [5, 5.41) is 10.7. The largest absolute Gasteiger partial charge is 0.322 e. The third-order valence-electron chi connectivity index (χ3n) is 3.13. The molecular weight excluding hydrogens is 318 g/mol. The quantitative estimate of drug-likeness (QED) is 0.749. The molecule has 100 valence electrons. The fourth-order valence-corrected chi connectivity index (χ4v) is 2.33. The molecule has 0 radical (unpaired) electrons. The topological polar surface area (TPSA) is 57.8 Å². The average molecular weight is 330 g/mol. The van der Waals surface area contributed by atoms with Crippen molar-refractivity contribution in [1.82, 2.24) is 10.2 Å². The number of anilines is 1. The van der Waals surface area contributed by atoms with E-state index < -0.39 is 0 Å². The second-order valence-electron chi connectivity index (χ2n) is 4.59. The molecule has 2 N–H and O–H groups in total. The summed E-state index contributed by atoms with van der Waals surface area (Å²) in [6, 6.07) is 11.2. The Morgan fingerprint density at radius 3 is 2.90 bits per heavy atom. The van der Waals surface area contributed by atoms with Gasteiger partial charge in [0.05, 0.1) is 11.7 Å². The number of aromatic nitrogens is 2. The lowest BCUT2D eigenvalue weighted by molar-refractivity contribution is 0.102. The number of H-pyrrole nitrogens is 1. The molecule has 1 aromatic heterocycles. The molecule has 3 aromatic rings. The van der Waals surface area contributed by atoms with E-state index >= 15 is 0 Å². The smallest absolute Gasteiger partial charge is 0.255 e. The highest BCUT2D eigenvalue weighted by atomic mass is 79.9. The fourth-order valence-electron chi connectivity index (χ4n) is 1.95. The normalized spacial score (nSPS) is 10.7. The minimum absolute atomic E-state index is 0.135. The molecule has 20 heavy (non-hydrogen) atoms. The number of rotatable bonds is 2. The predicted octanol–water partition coefficient (Wildman–Crippen LogP) is 3.89. The van der Waals surface area contributed by atoms with Crippen LogP contribution in [-0.2, 0) is 0 Å². The van der Waals surface area contributed by atoms with Crippen molar-refractivity contribution in [2.75, 3.05) is 5.32 Å². The predicted molar refractivity (Wildman–Crippen MR) is 82.9 cm³/mol. The Morgan fingerprint density at radius 1 is 1.25 bits per heavy atom. The molecule has 0 saturated carbocycles. The van der Waals surface area contributed by atoms with E-state index in [4.69, 9.17) is 0 Å². The molecule has 4 nitrogen and oxygen atoms in total. The Kier molecular flexibility index (Phi) is 3.28. The minimum atomic E-state index is -0.135. The van der Waals surface area contributed by atoms with Crippen LogP contribution in [0.2, 0.25) is 0 Å². The summed E-state index contributed by atoms with van der Waals surface area (Å²) in [6.07, 6.45) is 1.75. The zero-order chi connectivity index (χ0) is 14.1. The van der Waals surface area contributed by atoms with Crippen molar-refractivity contribution in [2.24, 2.45) is 0 Å². The maximum absolute atomic E-state index is 12.2. The van der Waals surface area contributed by atoms with Crippen molar-refractivity contribution in [3.63, 3.8) is 0 Å². The number of halogens is 1. The number of nitrogens with zero attached hydrogens (tertiary/aromatic N) is 1. The Morgan fingerprint density at radius 2 is 2.10 bits per heavy atom.